The van der Waals surface area contributed by atoms with Crippen LogP contribution in [-0.2, 0) is 13.1 Å². The predicted molar refractivity (Wildman–Crippen MR) is 116 cm³/mol. The maximum Gasteiger partial charge on any atom is 0.128 e. The van der Waals surface area contributed by atoms with Crippen molar-refractivity contribution in [3.8, 4) is 5.75 Å². The van der Waals surface area contributed by atoms with E-state index in [1.54, 1.807) is 6.07 Å². The molecule has 1 fully saturated rings. The summed E-state index contributed by atoms with van der Waals surface area (Å²) in [5, 5.41) is 10.6. The Balaban J connectivity index is 1.37. The lowest BCUT2D eigenvalue weighted by Crippen LogP contribution is -2.37. The van der Waals surface area contributed by atoms with Gasteiger partial charge in [0.2, 0.25) is 0 Å². The number of hydrogen-bond acceptors (Lipinski definition) is 3. The first-order valence-electron chi connectivity index (χ1n) is 10.6. The second-order valence-electron chi connectivity index (χ2n) is 8.11. The average molecular weight is 409 g/mol. The first-order valence-corrected chi connectivity index (χ1v) is 10.6. The van der Waals surface area contributed by atoms with E-state index in [9.17, 15) is 9.50 Å². The third kappa shape index (κ3) is 5.29. The summed E-state index contributed by atoms with van der Waals surface area (Å²) in [5.74, 6) is 0.633. The minimum absolute atomic E-state index is 0.181. The SMILES string of the molecule is Cc1ccccc1OC[C@@H](O)CN(Cc1cccn1Cc1ccccc1F)C1CC1. The number of rotatable bonds is 10. The summed E-state index contributed by atoms with van der Waals surface area (Å²) < 4.78 is 22.0. The number of halogens is 1. The van der Waals surface area contributed by atoms with Gasteiger partial charge in [0.15, 0.2) is 0 Å². The van der Waals surface area contributed by atoms with Crippen LogP contribution in [0.5, 0.6) is 5.75 Å². The zero-order chi connectivity index (χ0) is 20.9. The van der Waals surface area contributed by atoms with Gasteiger partial charge in [-0.2, -0.15) is 0 Å². The van der Waals surface area contributed by atoms with Crippen LogP contribution in [0.1, 0.15) is 29.7 Å². The van der Waals surface area contributed by atoms with Crippen LogP contribution in [0.15, 0.2) is 66.9 Å². The minimum atomic E-state index is -0.569. The summed E-state index contributed by atoms with van der Waals surface area (Å²) in [7, 11) is 0. The zero-order valence-corrected chi connectivity index (χ0v) is 17.4. The number of aliphatic hydroxyl groups excluding tert-OH is 1. The van der Waals surface area contributed by atoms with Crippen LogP contribution in [0, 0.1) is 12.7 Å². The molecule has 5 heteroatoms. The molecule has 30 heavy (non-hydrogen) atoms. The third-order valence-electron chi connectivity index (χ3n) is 5.62. The molecule has 1 heterocycles. The number of para-hydroxylation sites is 1. The van der Waals surface area contributed by atoms with Gasteiger partial charge in [-0.3, -0.25) is 4.90 Å². The van der Waals surface area contributed by atoms with Crippen molar-refractivity contribution in [3.63, 3.8) is 0 Å². The highest BCUT2D eigenvalue weighted by atomic mass is 19.1. The van der Waals surface area contributed by atoms with Crippen LogP contribution in [0.2, 0.25) is 0 Å². The van der Waals surface area contributed by atoms with Crippen LogP contribution in [0.25, 0.3) is 0 Å². The van der Waals surface area contributed by atoms with Crippen molar-refractivity contribution in [1.29, 1.82) is 0 Å². The molecule has 0 bridgehead atoms. The molecule has 0 radical (unpaired) electrons. The van der Waals surface area contributed by atoms with Gasteiger partial charge < -0.3 is 14.4 Å². The van der Waals surface area contributed by atoms with Crippen LogP contribution in [-0.4, -0.2) is 39.9 Å². The van der Waals surface area contributed by atoms with E-state index in [0.29, 0.717) is 24.7 Å². The van der Waals surface area contributed by atoms with Crippen molar-refractivity contribution in [3.05, 3.63) is 89.5 Å². The fraction of sp³-hybridized carbons (Fsp3) is 0.360. The van der Waals surface area contributed by atoms with Crippen molar-refractivity contribution < 1.29 is 14.2 Å². The lowest BCUT2D eigenvalue weighted by atomic mass is 10.2. The van der Waals surface area contributed by atoms with Crippen LogP contribution < -0.4 is 4.74 Å². The Labute approximate surface area is 177 Å². The van der Waals surface area contributed by atoms with Gasteiger partial charge in [-0.1, -0.05) is 36.4 Å². The molecule has 0 spiro atoms. The van der Waals surface area contributed by atoms with Gasteiger partial charge >= 0.3 is 0 Å². The van der Waals surface area contributed by atoms with Crippen LogP contribution in [0.3, 0.4) is 0 Å². The Bertz CT molecular complexity index is 967. The molecule has 1 atom stereocenters. The quantitative estimate of drug-likeness (QED) is 0.541. The van der Waals surface area contributed by atoms with E-state index in [1.807, 2.05) is 55.6 Å². The number of nitrogens with zero attached hydrogens (tertiary/aromatic N) is 2. The lowest BCUT2D eigenvalue weighted by Gasteiger charge is -2.26. The molecule has 4 nitrogen and oxygen atoms in total. The second kappa shape index (κ2) is 9.45. The fourth-order valence-electron chi connectivity index (χ4n) is 3.78. The normalized spacial score (nSPS) is 14.8. The maximum absolute atomic E-state index is 14.1. The van der Waals surface area contributed by atoms with Crippen LogP contribution in [0.4, 0.5) is 4.39 Å². The van der Waals surface area contributed by atoms with E-state index in [0.717, 1.165) is 36.4 Å². The number of aliphatic hydroxyl groups is 1. The Kier molecular flexibility index (Phi) is 6.50. The highest BCUT2D eigenvalue weighted by Crippen LogP contribution is 2.29. The summed E-state index contributed by atoms with van der Waals surface area (Å²) in [6.07, 6.45) is 3.73. The number of ether oxygens (including phenoxy) is 1. The van der Waals surface area contributed by atoms with Gasteiger partial charge in [0.05, 0.1) is 6.54 Å². The Morgan fingerprint density at radius 2 is 1.87 bits per heavy atom. The van der Waals surface area contributed by atoms with Gasteiger partial charge in [-0.25, -0.2) is 4.39 Å². The summed E-state index contributed by atoms with van der Waals surface area (Å²) in [6, 6.07) is 19.3. The predicted octanol–water partition coefficient (Wildman–Crippen LogP) is 4.39. The highest BCUT2D eigenvalue weighted by molar-refractivity contribution is 5.31. The average Bonchev–Trinajstić information content (AvgIpc) is 3.50. The summed E-state index contributed by atoms with van der Waals surface area (Å²) in [5.41, 5.74) is 2.87. The molecule has 4 rings (SSSR count). The Morgan fingerprint density at radius 3 is 2.63 bits per heavy atom. The van der Waals surface area contributed by atoms with Crippen LogP contribution >= 0.6 is 0 Å². The fourth-order valence-corrected chi connectivity index (χ4v) is 3.78. The smallest absolute Gasteiger partial charge is 0.128 e. The van der Waals surface area contributed by atoms with E-state index >= 15 is 0 Å². The molecule has 1 N–H and O–H groups in total. The minimum Gasteiger partial charge on any atom is -0.491 e. The van der Waals surface area contributed by atoms with Crippen molar-refractivity contribution in [2.75, 3.05) is 13.2 Å². The summed E-state index contributed by atoms with van der Waals surface area (Å²) >= 11 is 0. The van der Waals surface area contributed by atoms with Crippen molar-refractivity contribution in [1.82, 2.24) is 9.47 Å². The topological polar surface area (TPSA) is 37.6 Å². The summed E-state index contributed by atoms with van der Waals surface area (Å²) in [6.45, 7) is 4.06. The van der Waals surface area contributed by atoms with Crippen molar-refractivity contribution in [2.45, 2.75) is 45.0 Å². The number of benzene rings is 2. The van der Waals surface area contributed by atoms with E-state index < -0.39 is 6.10 Å². The second-order valence-corrected chi connectivity index (χ2v) is 8.11. The largest absolute Gasteiger partial charge is 0.491 e. The van der Waals surface area contributed by atoms with Gasteiger partial charge in [-0.15, -0.1) is 0 Å². The number of hydrogen-bond donors (Lipinski definition) is 1. The molecule has 158 valence electrons. The molecular weight excluding hydrogens is 379 g/mol. The molecule has 1 aliphatic rings. The van der Waals surface area contributed by atoms with E-state index in [4.69, 9.17) is 4.74 Å². The zero-order valence-electron chi connectivity index (χ0n) is 17.4. The van der Waals surface area contributed by atoms with Crippen molar-refractivity contribution in [2.24, 2.45) is 0 Å². The first kappa shape index (κ1) is 20.6. The van der Waals surface area contributed by atoms with Gasteiger partial charge in [0.25, 0.3) is 0 Å². The molecule has 0 unspecified atom stereocenters. The van der Waals surface area contributed by atoms with Gasteiger partial charge in [-0.05, 0) is 49.6 Å². The van der Waals surface area contributed by atoms with Gasteiger partial charge in [0, 0.05) is 36.6 Å². The molecule has 0 amide bonds. The molecule has 1 aliphatic carbocycles. The van der Waals surface area contributed by atoms with E-state index in [-0.39, 0.29) is 12.4 Å². The third-order valence-corrected chi connectivity index (χ3v) is 5.62. The highest BCUT2D eigenvalue weighted by Gasteiger charge is 2.31. The molecule has 1 saturated carbocycles. The molecule has 2 aromatic carbocycles. The summed E-state index contributed by atoms with van der Waals surface area (Å²) in [4.78, 5) is 2.32. The standard InChI is InChI=1S/C25H29FN2O2/c1-19-7-2-5-11-25(19)30-18-23(29)17-28(21-12-13-21)16-22-9-6-14-27(22)15-20-8-3-4-10-24(20)26/h2-11,14,21,23,29H,12-13,15-18H2,1H3/t23-/m0/s1. The molecule has 0 saturated heterocycles. The number of aromatic nitrogens is 1. The van der Waals surface area contributed by atoms with E-state index in [1.165, 1.54) is 6.07 Å². The first-order chi connectivity index (χ1) is 14.6. The Morgan fingerprint density at radius 1 is 1.10 bits per heavy atom. The monoisotopic (exact) mass is 408 g/mol. The molecule has 1 aromatic heterocycles. The van der Waals surface area contributed by atoms with Crippen molar-refractivity contribution >= 4 is 0 Å². The molecule has 0 aliphatic heterocycles. The van der Waals surface area contributed by atoms with E-state index in [2.05, 4.69) is 15.5 Å². The lowest BCUT2D eigenvalue weighted by molar-refractivity contribution is 0.0616. The molecule has 3 aromatic rings. The maximum atomic E-state index is 14.1. The Hall–Kier alpha value is -2.63. The van der Waals surface area contributed by atoms with Gasteiger partial charge in [0.1, 0.15) is 24.3 Å². The molecular formula is C25H29FN2O2. The number of aryl methyl sites for hydroxylation is 1.